The summed E-state index contributed by atoms with van der Waals surface area (Å²) < 4.78 is 10.7. The quantitative estimate of drug-likeness (QED) is 0.641. The third kappa shape index (κ3) is 3.72. The normalized spacial score (nSPS) is 12.2. The van der Waals surface area contributed by atoms with Gasteiger partial charge in [-0.3, -0.25) is 19.7 Å². The number of fused-ring (bicyclic) bond motifs is 1. The summed E-state index contributed by atoms with van der Waals surface area (Å²) in [4.78, 5) is 34.2. The van der Waals surface area contributed by atoms with Crippen molar-refractivity contribution in [3.8, 4) is 11.5 Å². The number of rotatable bonds is 4. The lowest BCUT2D eigenvalue weighted by atomic mass is 10.1. The Morgan fingerprint density at radius 3 is 2.08 bits per heavy atom. The first-order valence-corrected chi connectivity index (χ1v) is 7.71. The summed E-state index contributed by atoms with van der Waals surface area (Å²) in [7, 11) is 0. The summed E-state index contributed by atoms with van der Waals surface area (Å²) in [5, 5.41) is 16.5. The van der Waals surface area contributed by atoms with Crippen molar-refractivity contribution in [2.24, 2.45) is 0 Å². The molecule has 0 aliphatic carbocycles. The average molecular weight is 357 g/mol. The molecule has 0 fully saturated rings. The Morgan fingerprint density at radius 2 is 1.54 bits per heavy atom. The number of hydrogen-bond donors (Lipinski definition) is 2. The van der Waals surface area contributed by atoms with Gasteiger partial charge in [0.2, 0.25) is 5.91 Å². The SMILES string of the molecule is CC(=O)Nc1ccc(NC(=O)c2cc3c(cc2[N+](=O)[O-])OCCO3)cc1. The van der Waals surface area contributed by atoms with Crippen molar-refractivity contribution in [3.05, 3.63) is 52.1 Å². The topological polar surface area (TPSA) is 120 Å². The predicted molar refractivity (Wildman–Crippen MR) is 92.8 cm³/mol. The van der Waals surface area contributed by atoms with E-state index in [0.29, 0.717) is 18.0 Å². The van der Waals surface area contributed by atoms with E-state index in [0.717, 1.165) is 0 Å². The lowest BCUT2D eigenvalue weighted by molar-refractivity contribution is -0.385. The zero-order chi connectivity index (χ0) is 18.7. The molecule has 26 heavy (non-hydrogen) atoms. The standard InChI is InChI=1S/C17H15N3O6/c1-10(21)18-11-2-4-12(5-3-11)19-17(22)13-8-15-16(26-7-6-25-15)9-14(13)20(23)24/h2-5,8-9H,6-7H2,1H3,(H,18,21)(H,19,22). The van der Waals surface area contributed by atoms with E-state index in [4.69, 9.17) is 9.47 Å². The Balaban J connectivity index is 1.85. The number of nitrogens with zero attached hydrogens (tertiary/aromatic N) is 1. The molecule has 9 heteroatoms. The van der Waals surface area contributed by atoms with Crippen molar-refractivity contribution in [1.82, 2.24) is 0 Å². The molecule has 3 rings (SSSR count). The molecule has 1 aliphatic heterocycles. The van der Waals surface area contributed by atoms with Gasteiger partial charge >= 0.3 is 0 Å². The number of nitrogens with one attached hydrogen (secondary N) is 2. The van der Waals surface area contributed by atoms with Gasteiger partial charge in [0.05, 0.1) is 11.0 Å². The lowest BCUT2D eigenvalue weighted by Crippen LogP contribution is -2.18. The van der Waals surface area contributed by atoms with Gasteiger partial charge in [0.15, 0.2) is 11.5 Å². The van der Waals surface area contributed by atoms with Crippen LogP contribution in [-0.2, 0) is 4.79 Å². The Kier molecular flexibility index (Phi) is 4.70. The van der Waals surface area contributed by atoms with E-state index in [9.17, 15) is 19.7 Å². The van der Waals surface area contributed by atoms with E-state index >= 15 is 0 Å². The molecule has 2 amide bonds. The number of ether oxygens (including phenoxy) is 2. The maximum absolute atomic E-state index is 12.5. The molecule has 2 N–H and O–H groups in total. The van der Waals surface area contributed by atoms with Crippen LogP contribution in [0.2, 0.25) is 0 Å². The highest BCUT2D eigenvalue weighted by atomic mass is 16.6. The van der Waals surface area contributed by atoms with Gasteiger partial charge in [-0.1, -0.05) is 0 Å². The number of hydrogen-bond acceptors (Lipinski definition) is 6. The average Bonchev–Trinajstić information content (AvgIpc) is 2.61. The highest BCUT2D eigenvalue weighted by molar-refractivity contribution is 6.07. The van der Waals surface area contributed by atoms with Gasteiger partial charge in [-0.25, -0.2) is 0 Å². The van der Waals surface area contributed by atoms with Crippen LogP contribution in [0, 0.1) is 10.1 Å². The molecule has 1 heterocycles. The highest BCUT2D eigenvalue weighted by Gasteiger charge is 2.26. The van der Waals surface area contributed by atoms with Gasteiger partial charge in [0.25, 0.3) is 11.6 Å². The fourth-order valence-electron chi connectivity index (χ4n) is 2.45. The monoisotopic (exact) mass is 357 g/mol. The maximum Gasteiger partial charge on any atom is 0.286 e. The van der Waals surface area contributed by atoms with Gasteiger partial charge in [-0.15, -0.1) is 0 Å². The van der Waals surface area contributed by atoms with Crippen LogP contribution in [0.3, 0.4) is 0 Å². The van der Waals surface area contributed by atoms with Crippen molar-refractivity contribution < 1.29 is 24.0 Å². The van der Waals surface area contributed by atoms with Crippen LogP contribution in [-0.4, -0.2) is 30.0 Å². The van der Waals surface area contributed by atoms with Crippen LogP contribution >= 0.6 is 0 Å². The lowest BCUT2D eigenvalue weighted by Gasteiger charge is -2.18. The molecule has 0 spiro atoms. The van der Waals surface area contributed by atoms with Crippen molar-refractivity contribution in [2.45, 2.75) is 6.92 Å². The second-order valence-electron chi connectivity index (χ2n) is 5.48. The molecule has 0 unspecified atom stereocenters. The van der Waals surface area contributed by atoms with E-state index in [2.05, 4.69) is 10.6 Å². The van der Waals surface area contributed by atoms with Crippen LogP contribution in [0.4, 0.5) is 17.1 Å². The number of nitro benzene ring substituents is 1. The van der Waals surface area contributed by atoms with Crippen LogP contribution < -0.4 is 20.1 Å². The molecule has 0 aromatic heterocycles. The van der Waals surface area contributed by atoms with Crippen LogP contribution in [0.5, 0.6) is 11.5 Å². The van der Waals surface area contributed by atoms with Crippen molar-refractivity contribution in [3.63, 3.8) is 0 Å². The second kappa shape index (κ2) is 7.09. The van der Waals surface area contributed by atoms with Gasteiger partial charge in [0.1, 0.15) is 18.8 Å². The number of carbonyl (C=O) groups excluding carboxylic acids is 2. The summed E-state index contributed by atoms with van der Waals surface area (Å²) in [5.41, 5.74) is 0.487. The number of nitro groups is 1. The minimum Gasteiger partial charge on any atom is -0.486 e. The molecule has 0 saturated heterocycles. The Labute approximate surface area is 148 Å². The number of anilines is 2. The number of benzene rings is 2. The zero-order valence-electron chi connectivity index (χ0n) is 13.8. The van der Waals surface area contributed by atoms with Crippen molar-refractivity contribution in [1.29, 1.82) is 0 Å². The Hall–Kier alpha value is -3.62. The highest BCUT2D eigenvalue weighted by Crippen LogP contribution is 2.36. The molecular weight excluding hydrogens is 342 g/mol. The molecule has 134 valence electrons. The smallest absolute Gasteiger partial charge is 0.286 e. The van der Waals surface area contributed by atoms with E-state index in [1.54, 1.807) is 24.3 Å². The fourth-order valence-corrected chi connectivity index (χ4v) is 2.45. The largest absolute Gasteiger partial charge is 0.486 e. The third-order valence-corrected chi connectivity index (χ3v) is 3.56. The maximum atomic E-state index is 12.5. The summed E-state index contributed by atoms with van der Waals surface area (Å²) in [6.07, 6.45) is 0. The predicted octanol–water partition coefficient (Wildman–Crippen LogP) is 2.58. The van der Waals surface area contributed by atoms with E-state index < -0.39 is 10.8 Å². The zero-order valence-corrected chi connectivity index (χ0v) is 13.8. The molecule has 9 nitrogen and oxygen atoms in total. The van der Waals surface area contributed by atoms with Crippen molar-refractivity contribution in [2.75, 3.05) is 23.8 Å². The van der Waals surface area contributed by atoms with Gasteiger partial charge in [0, 0.05) is 24.4 Å². The molecule has 2 aromatic carbocycles. The number of carbonyl (C=O) groups is 2. The van der Waals surface area contributed by atoms with Crippen LogP contribution in [0.1, 0.15) is 17.3 Å². The van der Waals surface area contributed by atoms with E-state index in [-0.39, 0.29) is 35.3 Å². The fraction of sp³-hybridized carbons (Fsp3) is 0.176. The second-order valence-corrected chi connectivity index (χ2v) is 5.48. The first-order chi connectivity index (χ1) is 12.4. The molecule has 0 saturated carbocycles. The van der Waals surface area contributed by atoms with Gasteiger partial charge in [-0.2, -0.15) is 0 Å². The summed E-state index contributed by atoms with van der Waals surface area (Å²) in [6.45, 7) is 1.98. The first-order valence-electron chi connectivity index (χ1n) is 7.71. The van der Waals surface area contributed by atoms with Crippen LogP contribution in [0.15, 0.2) is 36.4 Å². The summed E-state index contributed by atoms with van der Waals surface area (Å²) in [6, 6.07) is 8.85. The minimum atomic E-state index is -0.652. The van der Waals surface area contributed by atoms with E-state index in [1.165, 1.54) is 19.1 Å². The minimum absolute atomic E-state index is 0.134. The molecule has 0 atom stereocenters. The molecular formula is C17H15N3O6. The Bertz CT molecular complexity index is 879. The van der Waals surface area contributed by atoms with Gasteiger partial charge < -0.3 is 20.1 Å². The van der Waals surface area contributed by atoms with Crippen molar-refractivity contribution >= 4 is 28.9 Å². The molecule has 0 bridgehead atoms. The number of amides is 2. The summed E-state index contributed by atoms with van der Waals surface area (Å²) in [5.74, 6) is -0.346. The van der Waals surface area contributed by atoms with Crippen LogP contribution in [0.25, 0.3) is 0 Å². The third-order valence-electron chi connectivity index (χ3n) is 3.56. The molecule has 1 aliphatic rings. The molecule has 0 radical (unpaired) electrons. The first kappa shape index (κ1) is 17.2. The molecule has 2 aromatic rings. The summed E-state index contributed by atoms with van der Waals surface area (Å²) >= 11 is 0. The van der Waals surface area contributed by atoms with Gasteiger partial charge in [-0.05, 0) is 24.3 Å². The van der Waals surface area contributed by atoms with E-state index in [1.807, 2.05) is 0 Å². The Morgan fingerprint density at radius 1 is 1.00 bits per heavy atom.